The van der Waals surface area contributed by atoms with E-state index in [9.17, 15) is 0 Å². The molecule has 1 unspecified atom stereocenters. The zero-order valence-corrected chi connectivity index (χ0v) is 15.7. The molecule has 0 amide bonds. The van der Waals surface area contributed by atoms with Gasteiger partial charge in [0.2, 0.25) is 0 Å². The molecule has 0 aliphatic heterocycles. The zero-order chi connectivity index (χ0) is 17.6. The first-order chi connectivity index (χ1) is 10.9. The highest BCUT2D eigenvalue weighted by Gasteiger charge is 2.66. The van der Waals surface area contributed by atoms with Gasteiger partial charge >= 0.3 is 8.80 Å². The van der Waals surface area contributed by atoms with E-state index in [1.54, 1.807) is 27.4 Å². The zero-order valence-electron chi connectivity index (χ0n) is 14.7. The summed E-state index contributed by atoms with van der Waals surface area (Å²) < 4.78 is 17.4. The molecule has 1 aromatic carbocycles. The second-order valence-electron chi connectivity index (χ2n) is 5.80. The van der Waals surface area contributed by atoms with E-state index in [1.165, 1.54) is 0 Å². The lowest BCUT2D eigenvalue weighted by atomic mass is 9.83. The minimum absolute atomic E-state index is 0.586. The van der Waals surface area contributed by atoms with E-state index in [2.05, 4.69) is 13.5 Å². The molecule has 1 atom stereocenters. The van der Waals surface area contributed by atoms with Crippen LogP contribution in [0.5, 0.6) is 0 Å². The van der Waals surface area contributed by atoms with Crippen LogP contribution in [-0.4, -0.2) is 35.8 Å². The van der Waals surface area contributed by atoms with Crippen molar-refractivity contribution in [2.75, 3.05) is 21.3 Å². The molecule has 0 aliphatic rings. The summed E-state index contributed by atoms with van der Waals surface area (Å²) in [5, 5.41) is -0.726. The van der Waals surface area contributed by atoms with Gasteiger partial charge in [-0.2, -0.15) is 0 Å². The van der Waals surface area contributed by atoms with Gasteiger partial charge in [0.15, 0.2) is 0 Å². The van der Waals surface area contributed by atoms with E-state index < -0.39 is 19.5 Å². The van der Waals surface area contributed by atoms with Gasteiger partial charge in [-0.15, -0.1) is 0 Å². The maximum atomic E-state index is 6.50. The first kappa shape index (κ1) is 20.0. The smallest absolute Gasteiger partial charge is 0.376 e. The quantitative estimate of drug-likeness (QED) is 0.389. The summed E-state index contributed by atoms with van der Waals surface area (Å²) >= 11 is 0. The largest absolute Gasteiger partial charge is 0.510 e. The van der Waals surface area contributed by atoms with E-state index >= 15 is 0 Å². The van der Waals surface area contributed by atoms with Gasteiger partial charge in [-0.3, -0.25) is 0 Å². The Bertz CT molecular complexity index is 484. The Morgan fingerprint density at radius 2 is 1.61 bits per heavy atom. The molecule has 0 saturated carbocycles. The molecular weight excluding hydrogens is 308 g/mol. The highest BCUT2D eigenvalue weighted by molar-refractivity contribution is 6.64. The summed E-state index contributed by atoms with van der Waals surface area (Å²) in [6.07, 6.45) is 3.72. The third kappa shape index (κ3) is 3.57. The monoisotopic (exact) mass is 338 g/mol. The molecule has 0 heterocycles. The van der Waals surface area contributed by atoms with Crippen molar-refractivity contribution < 1.29 is 13.3 Å². The van der Waals surface area contributed by atoms with Crippen LogP contribution in [0.4, 0.5) is 0 Å². The molecule has 0 bridgehead atoms. The van der Waals surface area contributed by atoms with Gasteiger partial charge in [0.1, 0.15) is 0 Å². The Labute approximate surface area is 141 Å². The fourth-order valence-electron chi connectivity index (χ4n) is 3.39. The molecule has 130 valence electrons. The van der Waals surface area contributed by atoms with Crippen LogP contribution in [0.2, 0.25) is 5.04 Å². The van der Waals surface area contributed by atoms with Gasteiger partial charge in [0.05, 0.1) is 10.7 Å². The van der Waals surface area contributed by atoms with Gasteiger partial charge in [-0.05, 0) is 18.4 Å². The number of rotatable bonds is 10. The lowest BCUT2D eigenvalue weighted by Crippen LogP contribution is -2.71. The van der Waals surface area contributed by atoms with Crippen LogP contribution in [0.1, 0.15) is 25.3 Å². The average molecular weight is 339 g/mol. The molecule has 23 heavy (non-hydrogen) atoms. The lowest BCUT2D eigenvalue weighted by molar-refractivity contribution is 0.0666. The van der Waals surface area contributed by atoms with Crippen LogP contribution in [0.25, 0.3) is 0 Å². The molecule has 0 aliphatic carbocycles. The molecule has 4 N–H and O–H groups in total. The van der Waals surface area contributed by atoms with Crippen LogP contribution in [0.3, 0.4) is 0 Å². The van der Waals surface area contributed by atoms with E-state index in [0.29, 0.717) is 12.8 Å². The van der Waals surface area contributed by atoms with Crippen LogP contribution in [-0.2, 0) is 19.7 Å². The minimum Gasteiger partial charge on any atom is -0.376 e. The highest BCUT2D eigenvalue weighted by Crippen LogP contribution is 2.52. The molecular formula is C17H30N2O3Si. The summed E-state index contributed by atoms with van der Waals surface area (Å²) in [6.45, 7) is 5.93. The number of hydrogen-bond acceptors (Lipinski definition) is 5. The van der Waals surface area contributed by atoms with E-state index in [4.69, 9.17) is 24.7 Å². The Hall–Kier alpha value is -1.02. The molecule has 0 aromatic heterocycles. The normalized spacial score (nSPS) is 15.2. The third-order valence-electron chi connectivity index (χ3n) is 4.58. The predicted molar refractivity (Wildman–Crippen MR) is 95.8 cm³/mol. The molecule has 6 heteroatoms. The predicted octanol–water partition coefficient (Wildman–Crippen LogP) is 2.45. The summed E-state index contributed by atoms with van der Waals surface area (Å²) in [5.41, 5.74) is 12.9. The second-order valence-corrected chi connectivity index (χ2v) is 9.09. The van der Waals surface area contributed by atoms with E-state index in [0.717, 1.165) is 12.0 Å². The minimum atomic E-state index is -3.18. The van der Waals surface area contributed by atoms with Crippen LogP contribution in [0.15, 0.2) is 43.0 Å². The Kier molecular flexibility index (Phi) is 7.13. The lowest BCUT2D eigenvalue weighted by Gasteiger charge is -2.51. The molecule has 0 radical (unpaired) electrons. The number of nitrogens with two attached hydrogens (primary N) is 2. The Morgan fingerprint density at radius 3 is 2.00 bits per heavy atom. The fraction of sp³-hybridized carbons (Fsp3) is 0.529. The van der Waals surface area contributed by atoms with Crippen LogP contribution < -0.4 is 11.5 Å². The SMILES string of the molecule is C=CC(N)(N)C(CCC)(Cc1ccccc1)[Si](OC)(OC)OC. The van der Waals surface area contributed by atoms with Gasteiger partial charge in [-0.25, -0.2) is 0 Å². The molecule has 1 aromatic rings. The summed E-state index contributed by atoms with van der Waals surface area (Å²) in [4.78, 5) is 0. The maximum absolute atomic E-state index is 6.50. The second kappa shape index (κ2) is 8.19. The van der Waals surface area contributed by atoms with Gasteiger partial charge in [0, 0.05) is 21.3 Å². The van der Waals surface area contributed by atoms with Crippen molar-refractivity contribution in [3.63, 3.8) is 0 Å². The van der Waals surface area contributed by atoms with Crippen molar-refractivity contribution in [3.8, 4) is 0 Å². The molecule has 0 fully saturated rings. The van der Waals surface area contributed by atoms with Gasteiger partial charge in [0.25, 0.3) is 0 Å². The van der Waals surface area contributed by atoms with Crippen molar-refractivity contribution in [2.24, 2.45) is 11.5 Å². The van der Waals surface area contributed by atoms with Crippen LogP contribution >= 0.6 is 0 Å². The first-order valence-electron chi connectivity index (χ1n) is 7.79. The Morgan fingerprint density at radius 1 is 1.09 bits per heavy atom. The fourth-order valence-corrected chi connectivity index (χ4v) is 6.67. The van der Waals surface area contributed by atoms with Crippen LogP contribution in [0, 0.1) is 0 Å². The summed E-state index contributed by atoms with van der Waals surface area (Å²) in [7, 11) is 1.59. The van der Waals surface area contributed by atoms with Crippen molar-refractivity contribution in [3.05, 3.63) is 48.6 Å². The van der Waals surface area contributed by atoms with Gasteiger partial charge < -0.3 is 24.7 Å². The number of benzene rings is 1. The van der Waals surface area contributed by atoms with E-state index in [1.807, 2.05) is 30.3 Å². The third-order valence-corrected chi connectivity index (χ3v) is 8.23. The van der Waals surface area contributed by atoms with Crippen molar-refractivity contribution in [1.82, 2.24) is 0 Å². The average Bonchev–Trinajstić information content (AvgIpc) is 2.57. The molecule has 5 nitrogen and oxygen atoms in total. The van der Waals surface area contributed by atoms with Gasteiger partial charge in [-0.1, -0.05) is 56.3 Å². The van der Waals surface area contributed by atoms with E-state index in [-0.39, 0.29) is 0 Å². The van der Waals surface area contributed by atoms with Crippen molar-refractivity contribution >= 4 is 8.80 Å². The Balaban J connectivity index is 3.57. The highest BCUT2D eigenvalue weighted by atomic mass is 28.4. The number of hydrogen-bond donors (Lipinski definition) is 2. The summed E-state index contributed by atoms with van der Waals surface area (Å²) in [5.74, 6) is 0. The maximum Gasteiger partial charge on any atom is 0.510 e. The first-order valence-corrected chi connectivity index (χ1v) is 9.51. The summed E-state index contributed by atoms with van der Waals surface area (Å²) in [6, 6.07) is 10.0. The molecule has 1 rings (SSSR count). The molecule has 0 saturated heterocycles. The standard InChI is InChI=1S/C17H30N2O3Si/c1-6-13-16(17(18,19)7-2,23(20-3,21-4)22-5)14-15-11-9-8-10-12-15/h7-12H,2,6,13-14,18-19H2,1,3-5H3. The van der Waals surface area contributed by atoms with Crippen molar-refractivity contribution in [1.29, 1.82) is 0 Å². The molecule has 0 spiro atoms. The van der Waals surface area contributed by atoms with Crippen molar-refractivity contribution in [2.45, 2.75) is 36.9 Å². The topological polar surface area (TPSA) is 79.7 Å².